The lowest BCUT2D eigenvalue weighted by Gasteiger charge is -2.08. The van der Waals surface area contributed by atoms with E-state index >= 15 is 0 Å². The molecule has 1 rings (SSSR count). The Morgan fingerprint density at radius 2 is 1.35 bits per heavy atom. The molecule has 0 aromatic heterocycles. The number of nitrogens with one attached hydrogen (secondary N) is 2. The van der Waals surface area contributed by atoms with Gasteiger partial charge in [-0.15, -0.1) is 0 Å². The van der Waals surface area contributed by atoms with Crippen LogP contribution in [0.3, 0.4) is 0 Å². The van der Waals surface area contributed by atoms with E-state index in [1.807, 2.05) is 0 Å². The molecule has 0 aliphatic carbocycles. The highest BCUT2D eigenvalue weighted by Gasteiger charge is 2.10. The summed E-state index contributed by atoms with van der Waals surface area (Å²) >= 11 is 5.95. The fraction of sp³-hybridized carbons (Fsp3) is 0.619. The Kier molecular flexibility index (Phi) is 12.6. The molecule has 0 aliphatic heterocycles. The molecule has 1 aromatic carbocycles. The third kappa shape index (κ3) is 10.4. The molecule has 4 nitrogen and oxygen atoms in total. The zero-order chi connectivity index (χ0) is 19.0. The van der Waals surface area contributed by atoms with Crippen molar-refractivity contribution in [3.8, 4) is 0 Å². The monoisotopic (exact) mass is 380 g/mol. The van der Waals surface area contributed by atoms with Gasteiger partial charge in [0.05, 0.1) is 10.6 Å². The highest BCUT2D eigenvalue weighted by atomic mass is 35.5. The molecule has 0 radical (unpaired) electrons. The minimum absolute atomic E-state index is 0.165. The number of benzene rings is 1. The van der Waals surface area contributed by atoms with Gasteiger partial charge in [-0.05, 0) is 18.6 Å². The minimum Gasteiger partial charge on any atom is -0.273 e. The summed E-state index contributed by atoms with van der Waals surface area (Å²) in [5, 5.41) is 0.365. The molecule has 0 fully saturated rings. The van der Waals surface area contributed by atoms with Gasteiger partial charge in [0.1, 0.15) is 0 Å². The maximum atomic E-state index is 11.9. The number of unbranched alkanes of at least 4 members (excludes halogenated alkanes) is 10. The number of rotatable bonds is 13. The van der Waals surface area contributed by atoms with Crippen molar-refractivity contribution in [1.29, 1.82) is 0 Å². The zero-order valence-electron chi connectivity index (χ0n) is 16.0. The second-order valence-electron chi connectivity index (χ2n) is 6.77. The van der Waals surface area contributed by atoms with E-state index in [-0.39, 0.29) is 5.91 Å². The average molecular weight is 381 g/mol. The number of carbonyl (C=O) groups is 2. The van der Waals surface area contributed by atoms with Crippen molar-refractivity contribution in [3.05, 3.63) is 34.9 Å². The maximum Gasteiger partial charge on any atom is 0.271 e. The molecule has 0 bridgehead atoms. The summed E-state index contributed by atoms with van der Waals surface area (Å²) in [5.74, 6) is -0.566. The SMILES string of the molecule is CCCCCCCCCCCCCC(=O)NNC(=O)c1ccccc1Cl. The lowest BCUT2D eigenvalue weighted by Crippen LogP contribution is -2.41. The molecule has 26 heavy (non-hydrogen) atoms. The predicted molar refractivity (Wildman–Crippen MR) is 108 cm³/mol. The number of hydrogen-bond donors (Lipinski definition) is 2. The number of hydrazine groups is 1. The van der Waals surface area contributed by atoms with E-state index in [9.17, 15) is 9.59 Å². The first-order chi connectivity index (χ1) is 12.6. The van der Waals surface area contributed by atoms with Crippen molar-refractivity contribution in [2.24, 2.45) is 0 Å². The van der Waals surface area contributed by atoms with Crippen molar-refractivity contribution in [2.45, 2.75) is 84.0 Å². The molecule has 146 valence electrons. The summed E-state index contributed by atoms with van der Waals surface area (Å²) < 4.78 is 0. The molecule has 1 aromatic rings. The van der Waals surface area contributed by atoms with Gasteiger partial charge in [0, 0.05) is 6.42 Å². The fourth-order valence-electron chi connectivity index (χ4n) is 2.85. The molecule has 0 aliphatic rings. The summed E-state index contributed by atoms with van der Waals surface area (Å²) in [4.78, 5) is 23.7. The molecule has 0 heterocycles. The smallest absolute Gasteiger partial charge is 0.271 e. The fourth-order valence-corrected chi connectivity index (χ4v) is 3.07. The van der Waals surface area contributed by atoms with E-state index in [1.165, 1.54) is 57.8 Å². The van der Waals surface area contributed by atoms with Gasteiger partial charge in [-0.3, -0.25) is 20.4 Å². The van der Waals surface area contributed by atoms with E-state index in [0.717, 1.165) is 12.8 Å². The zero-order valence-corrected chi connectivity index (χ0v) is 16.7. The Morgan fingerprint density at radius 1 is 0.808 bits per heavy atom. The molecular formula is C21H33ClN2O2. The number of carbonyl (C=O) groups excluding carboxylic acids is 2. The Hall–Kier alpha value is -1.55. The second-order valence-corrected chi connectivity index (χ2v) is 7.17. The van der Waals surface area contributed by atoms with Crippen LogP contribution in [-0.2, 0) is 4.79 Å². The van der Waals surface area contributed by atoms with Crippen LogP contribution in [0.2, 0.25) is 5.02 Å². The first-order valence-corrected chi connectivity index (χ1v) is 10.4. The van der Waals surface area contributed by atoms with Crippen LogP contribution in [0.15, 0.2) is 24.3 Å². The van der Waals surface area contributed by atoms with E-state index in [2.05, 4.69) is 17.8 Å². The molecular weight excluding hydrogens is 348 g/mol. The van der Waals surface area contributed by atoms with E-state index in [1.54, 1.807) is 24.3 Å². The standard InChI is InChI=1S/C21H33ClN2O2/c1-2-3-4-5-6-7-8-9-10-11-12-17-20(25)23-24-21(26)18-15-13-14-16-19(18)22/h13-16H,2-12,17H2,1H3,(H,23,25)(H,24,26). The van der Waals surface area contributed by atoms with Gasteiger partial charge in [-0.1, -0.05) is 94.9 Å². The Bertz CT molecular complexity index is 534. The highest BCUT2D eigenvalue weighted by molar-refractivity contribution is 6.33. The van der Waals surface area contributed by atoms with Crippen molar-refractivity contribution in [2.75, 3.05) is 0 Å². The topological polar surface area (TPSA) is 58.2 Å². The molecule has 0 unspecified atom stereocenters. The first-order valence-electron chi connectivity index (χ1n) is 9.99. The third-order valence-corrected chi connectivity index (χ3v) is 4.77. The van der Waals surface area contributed by atoms with Crippen LogP contribution >= 0.6 is 11.6 Å². The van der Waals surface area contributed by atoms with E-state index in [4.69, 9.17) is 11.6 Å². The van der Waals surface area contributed by atoms with Gasteiger partial charge in [-0.25, -0.2) is 0 Å². The maximum absolute atomic E-state index is 11.9. The van der Waals surface area contributed by atoms with Crippen LogP contribution in [0.4, 0.5) is 0 Å². The van der Waals surface area contributed by atoms with E-state index in [0.29, 0.717) is 17.0 Å². The third-order valence-electron chi connectivity index (χ3n) is 4.44. The average Bonchev–Trinajstić information content (AvgIpc) is 2.64. The predicted octanol–water partition coefficient (Wildman–Crippen LogP) is 5.80. The summed E-state index contributed by atoms with van der Waals surface area (Å²) in [6, 6.07) is 6.75. The molecule has 2 amide bonds. The van der Waals surface area contributed by atoms with Gasteiger partial charge in [0.15, 0.2) is 0 Å². The van der Waals surface area contributed by atoms with E-state index < -0.39 is 5.91 Å². The van der Waals surface area contributed by atoms with Crippen LogP contribution in [0.25, 0.3) is 0 Å². The molecule has 0 atom stereocenters. The lowest BCUT2D eigenvalue weighted by molar-refractivity contribution is -0.122. The highest BCUT2D eigenvalue weighted by Crippen LogP contribution is 2.14. The lowest BCUT2D eigenvalue weighted by atomic mass is 10.1. The van der Waals surface area contributed by atoms with Crippen molar-refractivity contribution >= 4 is 23.4 Å². The molecule has 2 N–H and O–H groups in total. The Balaban J connectivity index is 1.97. The Morgan fingerprint density at radius 3 is 1.92 bits per heavy atom. The Labute approximate surface area is 163 Å². The summed E-state index contributed by atoms with van der Waals surface area (Å²) in [6.45, 7) is 2.24. The molecule has 0 saturated carbocycles. The van der Waals surface area contributed by atoms with Crippen molar-refractivity contribution in [1.82, 2.24) is 10.9 Å². The summed E-state index contributed by atoms with van der Waals surface area (Å²) in [5.41, 5.74) is 5.20. The molecule has 0 saturated heterocycles. The van der Waals surface area contributed by atoms with Crippen molar-refractivity contribution < 1.29 is 9.59 Å². The molecule has 5 heteroatoms. The number of halogens is 1. The molecule has 0 spiro atoms. The number of amides is 2. The van der Waals surface area contributed by atoms with Gasteiger partial charge in [0.25, 0.3) is 5.91 Å². The van der Waals surface area contributed by atoms with Crippen LogP contribution < -0.4 is 10.9 Å². The van der Waals surface area contributed by atoms with Gasteiger partial charge in [-0.2, -0.15) is 0 Å². The van der Waals surface area contributed by atoms with Gasteiger partial charge in [0.2, 0.25) is 5.91 Å². The van der Waals surface area contributed by atoms with Crippen LogP contribution in [0.5, 0.6) is 0 Å². The van der Waals surface area contributed by atoms with Crippen LogP contribution in [-0.4, -0.2) is 11.8 Å². The second kappa shape index (κ2) is 14.6. The van der Waals surface area contributed by atoms with Crippen molar-refractivity contribution in [3.63, 3.8) is 0 Å². The normalized spacial score (nSPS) is 10.5. The van der Waals surface area contributed by atoms with Crippen LogP contribution in [0.1, 0.15) is 94.3 Å². The summed E-state index contributed by atoms with van der Waals surface area (Å²) in [6.07, 6.45) is 14.2. The van der Waals surface area contributed by atoms with Gasteiger partial charge < -0.3 is 0 Å². The van der Waals surface area contributed by atoms with Gasteiger partial charge >= 0.3 is 0 Å². The summed E-state index contributed by atoms with van der Waals surface area (Å²) in [7, 11) is 0. The first kappa shape index (κ1) is 22.5. The minimum atomic E-state index is -0.400. The van der Waals surface area contributed by atoms with Crippen LogP contribution in [0, 0.1) is 0 Å². The quantitative estimate of drug-likeness (QED) is 0.335. The largest absolute Gasteiger partial charge is 0.273 e. The number of hydrogen-bond acceptors (Lipinski definition) is 2.